The fourth-order valence-corrected chi connectivity index (χ4v) is 6.85. The smallest absolute Gasteiger partial charge is 0.490 e. The maximum atomic E-state index is 12.2. The van der Waals surface area contributed by atoms with E-state index in [-0.39, 0.29) is 41.7 Å². The molecule has 0 saturated heterocycles. The zero-order valence-electron chi connectivity index (χ0n) is 20.3. The Balaban J connectivity index is 1.75. The van der Waals surface area contributed by atoms with Crippen LogP contribution in [0.15, 0.2) is 58.1 Å². The van der Waals surface area contributed by atoms with Gasteiger partial charge in [-0.25, -0.2) is 23.7 Å². The minimum Gasteiger partial charge on any atom is -0.490 e. The van der Waals surface area contributed by atoms with Crippen molar-refractivity contribution in [2.45, 2.75) is 18.8 Å². The Morgan fingerprint density at radius 2 is 2.00 bits per heavy atom. The average Bonchev–Trinajstić information content (AvgIpc) is 3.38. The molecule has 0 bridgehead atoms. The molecule has 3 rings (SSSR count). The van der Waals surface area contributed by atoms with Crippen molar-refractivity contribution >= 4 is 56.4 Å². The molecule has 0 aromatic carbocycles. The summed E-state index contributed by atoms with van der Waals surface area (Å²) in [4.78, 5) is 57.3. The molecule has 7 N–H and O–H groups in total. The zero-order valence-corrected chi connectivity index (χ0v) is 24.5. The van der Waals surface area contributed by atoms with Crippen LogP contribution in [0, 0.1) is 5.92 Å². The number of nitrogens with two attached hydrogens (primary N) is 1. The third-order valence-electron chi connectivity index (χ3n) is 5.11. The number of carbonyl (C=O) groups excluding carboxylic acids is 1. The van der Waals surface area contributed by atoms with E-state index in [1.165, 1.54) is 12.4 Å². The molecule has 3 aliphatic rings. The molecular formula is C18H25BrN5O13P3. The Bertz CT molecular complexity index is 1310. The summed E-state index contributed by atoms with van der Waals surface area (Å²) in [5.41, 5.74) is 6.83. The Kier molecular flexibility index (Phi) is 10.7. The highest BCUT2D eigenvalue weighted by molar-refractivity contribution is 9.18. The maximum Gasteiger partial charge on any atom is 0.490 e. The van der Waals surface area contributed by atoms with Gasteiger partial charge in [0.15, 0.2) is 12.0 Å². The van der Waals surface area contributed by atoms with Crippen molar-refractivity contribution in [2.24, 2.45) is 21.6 Å². The molecule has 5 atom stereocenters. The number of ether oxygens (including phenoxy) is 2. The largest absolute Gasteiger partial charge is 0.490 e. The van der Waals surface area contributed by atoms with E-state index < -0.39 is 48.4 Å². The normalized spacial score (nSPS) is 25.5. The van der Waals surface area contributed by atoms with E-state index in [1.807, 2.05) is 0 Å². The number of hydrogen-bond acceptors (Lipinski definition) is 13. The van der Waals surface area contributed by atoms with Crippen LogP contribution in [0.2, 0.25) is 0 Å². The van der Waals surface area contributed by atoms with Gasteiger partial charge in [-0.15, -0.1) is 0 Å². The van der Waals surface area contributed by atoms with Crippen LogP contribution in [0.4, 0.5) is 4.79 Å². The minimum absolute atomic E-state index is 0.0249. The maximum absolute atomic E-state index is 12.2. The fourth-order valence-electron chi connectivity index (χ4n) is 3.71. The van der Waals surface area contributed by atoms with Crippen molar-refractivity contribution in [3.63, 3.8) is 0 Å². The van der Waals surface area contributed by atoms with E-state index in [0.29, 0.717) is 5.57 Å². The van der Waals surface area contributed by atoms with Crippen molar-refractivity contribution in [3.8, 4) is 0 Å². The van der Waals surface area contributed by atoms with Gasteiger partial charge >= 0.3 is 23.5 Å². The van der Waals surface area contributed by atoms with E-state index in [2.05, 4.69) is 46.4 Å². The first-order chi connectivity index (χ1) is 18.6. The number of nitrogens with one attached hydrogen (secondary N) is 1. The zero-order chi connectivity index (χ0) is 29.7. The van der Waals surface area contributed by atoms with E-state index >= 15 is 0 Å². The third kappa shape index (κ3) is 9.19. The number of amides is 1. The number of phosphoric ester groups is 1. The number of aliphatic imine (C=N–C) groups is 2. The van der Waals surface area contributed by atoms with Gasteiger partial charge in [0.05, 0.1) is 12.3 Å². The quantitative estimate of drug-likeness (QED) is 0.0655. The number of amidine groups is 1. The van der Waals surface area contributed by atoms with Crippen LogP contribution in [0.3, 0.4) is 0 Å². The number of rotatable bonds is 14. The molecule has 0 aliphatic carbocycles. The van der Waals surface area contributed by atoms with Crippen LogP contribution in [0.5, 0.6) is 0 Å². The monoisotopic (exact) mass is 691 g/mol. The Labute approximate surface area is 235 Å². The summed E-state index contributed by atoms with van der Waals surface area (Å²) in [7, 11) is -16.7. The van der Waals surface area contributed by atoms with Crippen molar-refractivity contribution in [2.75, 3.05) is 19.8 Å². The van der Waals surface area contributed by atoms with Crippen LogP contribution < -0.4 is 11.1 Å². The lowest BCUT2D eigenvalue weighted by atomic mass is 9.97. The summed E-state index contributed by atoms with van der Waals surface area (Å²) < 4.78 is 58.2. The molecule has 0 spiro atoms. The lowest BCUT2D eigenvalue weighted by Gasteiger charge is -2.32. The summed E-state index contributed by atoms with van der Waals surface area (Å²) in [6.07, 6.45) is 6.59. The molecule has 40 heavy (non-hydrogen) atoms. The van der Waals surface area contributed by atoms with E-state index in [4.69, 9.17) is 29.5 Å². The average molecular weight is 692 g/mol. The molecule has 0 fully saturated rings. The summed E-state index contributed by atoms with van der Waals surface area (Å²) in [6.45, 7) is 2.99. The second-order valence-corrected chi connectivity index (χ2v) is 13.1. The van der Waals surface area contributed by atoms with Crippen LogP contribution in [0.1, 0.15) is 6.42 Å². The van der Waals surface area contributed by atoms with Gasteiger partial charge in [0, 0.05) is 28.7 Å². The first kappa shape index (κ1) is 32.4. The van der Waals surface area contributed by atoms with Crippen LogP contribution in [0.25, 0.3) is 0 Å². The van der Waals surface area contributed by atoms with Gasteiger partial charge in [0.1, 0.15) is 37.3 Å². The molecule has 222 valence electrons. The molecule has 0 saturated carbocycles. The number of halogens is 1. The highest BCUT2D eigenvalue weighted by Gasteiger charge is 2.45. The van der Waals surface area contributed by atoms with Crippen molar-refractivity contribution in [1.82, 2.24) is 10.2 Å². The number of allylic oxidation sites excluding steroid dienone is 1. The van der Waals surface area contributed by atoms with Gasteiger partial charge in [0.2, 0.25) is 0 Å². The second kappa shape index (κ2) is 13.2. The molecule has 0 aromatic rings. The SMILES string of the molecule is C=CCOC1=C(COP(=O)(O)OP(=O)(O)OP(=O)(O)O)O[C@@H](N2C=C(/C=C/CNC(=O)Br)C3C(N)=NC=NC32)C1. The minimum atomic E-state index is -5.70. The molecule has 3 heterocycles. The first-order valence-electron chi connectivity index (χ1n) is 11.0. The summed E-state index contributed by atoms with van der Waals surface area (Å²) in [5.74, 6) is -0.0891. The second-order valence-electron chi connectivity index (χ2n) is 7.93. The Hall–Kier alpha value is -2.14. The molecule has 0 radical (unpaired) electrons. The van der Waals surface area contributed by atoms with Crippen molar-refractivity contribution < 1.29 is 60.7 Å². The molecule has 4 unspecified atom stereocenters. The van der Waals surface area contributed by atoms with E-state index in [0.717, 1.165) is 0 Å². The standard InChI is InChI=1S/C18H25BrN5O13P3/c1-2-6-33-12-7-14(35-13(12)9-34-39(29,30)37-40(31,32)36-38(26,27)28)24-8-11(4-3-5-21-18(19)25)15-16(20)22-10-23-17(15)24/h2-4,8,10,14-15,17H,1,5-7,9H2,(H,21,25)(H,29,30)(H,31,32)(H2,20,22,23)(H2,26,27,28)/b4-3+/t14-,15?,17?/m1/s1. The van der Waals surface area contributed by atoms with Crippen LogP contribution >= 0.6 is 39.4 Å². The summed E-state index contributed by atoms with van der Waals surface area (Å²) >= 11 is 2.77. The predicted octanol–water partition coefficient (Wildman–Crippen LogP) is 1.69. The van der Waals surface area contributed by atoms with E-state index in [9.17, 15) is 28.3 Å². The van der Waals surface area contributed by atoms with Crippen molar-refractivity contribution in [1.29, 1.82) is 0 Å². The Morgan fingerprint density at radius 3 is 2.65 bits per heavy atom. The summed E-state index contributed by atoms with van der Waals surface area (Å²) in [5, 5.41) is 2.56. The number of nitrogens with zero attached hydrogens (tertiary/aromatic N) is 3. The van der Waals surface area contributed by atoms with Crippen LogP contribution in [-0.2, 0) is 36.3 Å². The number of fused-ring (bicyclic) bond motifs is 1. The molecule has 1 amide bonds. The number of phosphoric acid groups is 3. The molecule has 3 aliphatic heterocycles. The van der Waals surface area contributed by atoms with Gasteiger partial charge in [-0.3, -0.25) is 9.32 Å². The van der Waals surface area contributed by atoms with Gasteiger partial charge in [-0.1, -0.05) is 24.8 Å². The Morgan fingerprint density at radius 1 is 1.27 bits per heavy atom. The third-order valence-corrected chi connectivity index (χ3v) is 9.17. The molecule has 18 nitrogen and oxygen atoms in total. The number of carbonyl (C=O) groups is 1. The first-order valence-corrected chi connectivity index (χ1v) is 16.3. The van der Waals surface area contributed by atoms with Crippen molar-refractivity contribution in [3.05, 3.63) is 48.1 Å². The highest BCUT2D eigenvalue weighted by atomic mass is 79.9. The fraction of sp³-hybridized carbons (Fsp3) is 0.389. The van der Waals surface area contributed by atoms with Crippen LogP contribution in [-0.4, -0.2) is 73.6 Å². The van der Waals surface area contributed by atoms with Gasteiger partial charge in [-0.05, 0) is 5.57 Å². The lowest BCUT2D eigenvalue weighted by molar-refractivity contribution is -0.00326. The molecule has 22 heteroatoms. The molecular weight excluding hydrogens is 667 g/mol. The van der Waals surface area contributed by atoms with E-state index in [1.54, 1.807) is 23.3 Å². The topological polar surface area (TPSA) is 261 Å². The van der Waals surface area contributed by atoms with Gasteiger partial charge in [0.25, 0.3) is 4.82 Å². The summed E-state index contributed by atoms with van der Waals surface area (Å²) in [6, 6.07) is 0. The lowest BCUT2D eigenvalue weighted by Crippen LogP contribution is -2.44. The highest BCUT2D eigenvalue weighted by Crippen LogP contribution is 2.66. The van der Waals surface area contributed by atoms with Gasteiger partial charge in [-0.2, -0.15) is 8.62 Å². The molecule has 0 aromatic heterocycles. The predicted molar refractivity (Wildman–Crippen MR) is 141 cm³/mol. The van der Waals surface area contributed by atoms with Gasteiger partial charge < -0.3 is 45.0 Å². The number of hydrogen-bond donors (Lipinski definition) is 6.